The second-order valence-electron chi connectivity index (χ2n) is 5.81. The molecule has 2 rings (SSSR count). The van der Waals surface area contributed by atoms with E-state index in [1.54, 1.807) is 19.2 Å². The highest BCUT2D eigenvalue weighted by molar-refractivity contribution is 5.91. The van der Waals surface area contributed by atoms with E-state index in [-0.39, 0.29) is 24.4 Å². The molecular weight excluding hydrogens is 282 g/mol. The first-order chi connectivity index (χ1) is 10.5. The predicted octanol–water partition coefficient (Wildman–Crippen LogP) is -0.184. The van der Waals surface area contributed by atoms with E-state index in [1.807, 2.05) is 26.1 Å². The number of quaternary nitrogens is 1. The van der Waals surface area contributed by atoms with Crippen LogP contribution < -0.4 is 20.3 Å². The Balaban J connectivity index is 1.83. The maximum atomic E-state index is 12.1. The minimum Gasteiger partial charge on any atom is -0.497 e. The molecule has 1 aromatic rings. The van der Waals surface area contributed by atoms with E-state index in [0.717, 1.165) is 17.7 Å². The SMILES string of the molecule is COc1cccc(NC(=O)C[NH+](C)[C@@H](C)C(=O)NC2CC2)c1. The average molecular weight is 306 g/mol. The number of carbonyl (C=O) groups excluding carboxylic acids is 2. The molecule has 0 spiro atoms. The van der Waals surface area contributed by atoms with Crippen molar-refractivity contribution >= 4 is 17.5 Å². The Labute approximate surface area is 130 Å². The lowest BCUT2D eigenvalue weighted by Crippen LogP contribution is -3.15. The van der Waals surface area contributed by atoms with Gasteiger partial charge in [-0.05, 0) is 31.9 Å². The zero-order valence-corrected chi connectivity index (χ0v) is 13.3. The van der Waals surface area contributed by atoms with Crippen molar-refractivity contribution in [3.8, 4) is 5.75 Å². The van der Waals surface area contributed by atoms with Crippen LogP contribution in [0.1, 0.15) is 19.8 Å². The number of methoxy groups -OCH3 is 1. The number of hydrogen-bond acceptors (Lipinski definition) is 3. The molecule has 1 unspecified atom stereocenters. The second-order valence-corrected chi connectivity index (χ2v) is 5.81. The number of anilines is 1. The Hall–Kier alpha value is -2.08. The molecule has 1 aliphatic rings. The van der Waals surface area contributed by atoms with Crippen molar-refractivity contribution < 1.29 is 19.2 Å². The molecule has 3 N–H and O–H groups in total. The van der Waals surface area contributed by atoms with Crippen molar-refractivity contribution in [3.63, 3.8) is 0 Å². The number of likely N-dealkylation sites (N-methyl/N-ethyl adjacent to an activating group) is 1. The summed E-state index contributed by atoms with van der Waals surface area (Å²) in [5.41, 5.74) is 0.687. The summed E-state index contributed by atoms with van der Waals surface area (Å²) < 4.78 is 5.12. The van der Waals surface area contributed by atoms with Gasteiger partial charge in [-0.25, -0.2) is 0 Å². The van der Waals surface area contributed by atoms with E-state index >= 15 is 0 Å². The Kier molecular flexibility index (Phi) is 5.38. The zero-order chi connectivity index (χ0) is 16.1. The van der Waals surface area contributed by atoms with Crippen LogP contribution in [0.25, 0.3) is 0 Å². The Morgan fingerprint density at radius 3 is 2.77 bits per heavy atom. The summed E-state index contributed by atoms with van der Waals surface area (Å²) in [7, 11) is 3.43. The van der Waals surface area contributed by atoms with Crippen molar-refractivity contribution in [2.45, 2.75) is 31.8 Å². The Bertz CT molecular complexity index is 543. The third-order valence-electron chi connectivity index (χ3n) is 3.85. The maximum absolute atomic E-state index is 12.1. The summed E-state index contributed by atoms with van der Waals surface area (Å²) in [6, 6.07) is 7.29. The molecule has 2 amide bonds. The van der Waals surface area contributed by atoms with Crippen LogP contribution in [0.2, 0.25) is 0 Å². The number of rotatable bonds is 7. The first-order valence-corrected chi connectivity index (χ1v) is 7.56. The quantitative estimate of drug-likeness (QED) is 0.654. The third-order valence-corrected chi connectivity index (χ3v) is 3.85. The molecule has 0 saturated heterocycles. The van der Waals surface area contributed by atoms with Crippen LogP contribution in [0, 0.1) is 0 Å². The van der Waals surface area contributed by atoms with Gasteiger partial charge >= 0.3 is 0 Å². The monoisotopic (exact) mass is 306 g/mol. The summed E-state index contributed by atoms with van der Waals surface area (Å²) in [4.78, 5) is 24.9. The zero-order valence-electron chi connectivity index (χ0n) is 13.3. The fraction of sp³-hybridized carbons (Fsp3) is 0.500. The van der Waals surface area contributed by atoms with Crippen molar-refractivity contribution in [3.05, 3.63) is 24.3 Å². The summed E-state index contributed by atoms with van der Waals surface area (Å²) in [5.74, 6) is 0.571. The van der Waals surface area contributed by atoms with E-state index in [0.29, 0.717) is 17.5 Å². The number of hydrogen-bond donors (Lipinski definition) is 3. The number of ether oxygens (including phenoxy) is 1. The molecule has 0 heterocycles. The van der Waals surface area contributed by atoms with Crippen molar-refractivity contribution in [2.24, 2.45) is 0 Å². The van der Waals surface area contributed by atoms with Gasteiger partial charge in [0.05, 0.1) is 14.2 Å². The van der Waals surface area contributed by atoms with Crippen LogP contribution in [-0.4, -0.2) is 44.6 Å². The molecule has 0 aromatic heterocycles. The highest BCUT2D eigenvalue weighted by Crippen LogP contribution is 2.18. The Morgan fingerprint density at radius 2 is 2.14 bits per heavy atom. The summed E-state index contributed by atoms with van der Waals surface area (Å²) in [5, 5.41) is 5.79. The average Bonchev–Trinajstić information content (AvgIpc) is 3.30. The fourth-order valence-corrected chi connectivity index (χ4v) is 2.09. The van der Waals surface area contributed by atoms with Gasteiger partial charge in [-0.3, -0.25) is 9.59 Å². The standard InChI is InChI=1S/C16H23N3O3/c1-11(16(21)18-12-7-8-12)19(2)10-15(20)17-13-5-4-6-14(9-13)22-3/h4-6,9,11-12H,7-8,10H2,1-3H3,(H,17,20)(H,18,21)/p+1/t11-/m0/s1. The molecule has 1 fully saturated rings. The van der Waals surface area contributed by atoms with Crippen molar-refractivity contribution in [1.29, 1.82) is 0 Å². The summed E-state index contributed by atoms with van der Waals surface area (Å²) in [6.07, 6.45) is 2.13. The molecule has 6 nitrogen and oxygen atoms in total. The van der Waals surface area contributed by atoms with Gasteiger partial charge in [0.2, 0.25) is 0 Å². The minimum absolute atomic E-state index is 0.00850. The first kappa shape index (κ1) is 16.3. The van der Waals surface area contributed by atoms with Crippen molar-refractivity contribution in [1.82, 2.24) is 5.32 Å². The molecule has 0 aliphatic heterocycles. The van der Waals surface area contributed by atoms with Gasteiger partial charge in [0.25, 0.3) is 11.8 Å². The van der Waals surface area contributed by atoms with Gasteiger partial charge in [-0.15, -0.1) is 0 Å². The maximum Gasteiger partial charge on any atom is 0.279 e. The lowest BCUT2D eigenvalue weighted by atomic mass is 10.2. The molecule has 22 heavy (non-hydrogen) atoms. The second kappa shape index (κ2) is 7.26. The number of carbonyl (C=O) groups is 2. The normalized spacial score (nSPS) is 16.5. The van der Waals surface area contributed by atoms with Gasteiger partial charge in [-0.1, -0.05) is 6.07 Å². The van der Waals surface area contributed by atoms with Crippen molar-refractivity contribution in [2.75, 3.05) is 26.0 Å². The lowest BCUT2D eigenvalue weighted by molar-refractivity contribution is -0.885. The predicted molar refractivity (Wildman–Crippen MR) is 84.0 cm³/mol. The molecule has 1 saturated carbocycles. The molecule has 1 aromatic carbocycles. The number of benzene rings is 1. The van der Waals surface area contributed by atoms with Crippen LogP contribution in [-0.2, 0) is 9.59 Å². The molecule has 120 valence electrons. The molecule has 6 heteroatoms. The highest BCUT2D eigenvalue weighted by Gasteiger charge is 2.29. The lowest BCUT2D eigenvalue weighted by Gasteiger charge is -2.20. The van der Waals surface area contributed by atoms with Gasteiger partial charge in [-0.2, -0.15) is 0 Å². The molecule has 2 atom stereocenters. The third kappa shape index (κ3) is 4.73. The smallest absolute Gasteiger partial charge is 0.279 e. The number of amides is 2. The summed E-state index contributed by atoms with van der Waals surface area (Å²) >= 11 is 0. The van der Waals surface area contributed by atoms with E-state index in [2.05, 4.69) is 10.6 Å². The van der Waals surface area contributed by atoms with Gasteiger partial charge in [0.1, 0.15) is 5.75 Å². The molecule has 0 radical (unpaired) electrons. The fourth-order valence-electron chi connectivity index (χ4n) is 2.09. The molecule has 1 aliphatic carbocycles. The Morgan fingerprint density at radius 1 is 1.41 bits per heavy atom. The minimum atomic E-state index is -0.253. The van der Waals surface area contributed by atoms with E-state index in [9.17, 15) is 9.59 Å². The van der Waals surface area contributed by atoms with Crippen LogP contribution >= 0.6 is 0 Å². The van der Waals surface area contributed by atoms with Crippen LogP contribution in [0.4, 0.5) is 5.69 Å². The van der Waals surface area contributed by atoms with Crippen LogP contribution in [0.5, 0.6) is 5.75 Å². The topological polar surface area (TPSA) is 71.9 Å². The van der Waals surface area contributed by atoms with Gasteiger partial charge in [0.15, 0.2) is 12.6 Å². The highest BCUT2D eigenvalue weighted by atomic mass is 16.5. The van der Waals surface area contributed by atoms with Gasteiger partial charge in [0, 0.05) is 17.8 Å². The largest absolute Gasteiger partial charge is 0.497 e. The van der Waals surface area contributed by atoms with E-state index < -0.39 is 0 Å². The van der Waals surface area contributed by atoms with Crippen LogP contribution in [0.15, 0.2) is 24.3 Å². The molecule has 0 bridgehead atoms. The number of nitrogens with one attached hydrogen (secondary N) is 3. The first-order valence-electron chi connectivity index (χ1n) is 7.56. The van der Waals surface area contributed by atoms with Crippen LogP contribution in [0.3, 0.4) is 0 Å². The summed E-state index contributed by atoms with van der Waals surface area (Å²) in [6.45, 7) is 2.07. The van der Waals surface area contributed by atoms with E-state index in [4.69, 9.17) is 4.74 Å². The van der Waals surface area contributed by atoms with E-state index in [1.165, 1.54) is 0 Å². The van der Waals surface area contributed by atoms with Gasteiger partial charge < -0.3 is 20.3 Å². The molecular formula is C16H24N3O3+.